The molecule has 2 aromatic rings. The molecule has 8 heteroatoms. The third-order valence-corrected chi connectivity index (χ3v) is 4.08. The molecule has 0 unspecified atom stereocenters. The number of anilines is 1. The molecule has 0 fully saturated rings. The van der Waals surface area contributed by atoms with Crippen LogP contribution in [-0.2, 0) is 4.79 Å². The summed E-state index contributed by atoms with van der Waals surface area (Å²) in [7, 11) is 0. The minimum absolute atomic E-state index is 0.145. The molecule has 0 saturated heterocycles. The van der Waals surface area contributed by atoms with E-state index in [2.05, 4.69) is 4.98 Å². The van der Waals surface area contributed by atoms with Crippen molar-refractivity contribution in [3.63, 3.8) is 0 Å². The zero-order valence-corrected chi connectivity index (χ0v) is 13.8. The molecule has 3 rings (SSSR count). The van der Waals surface area contributed by atoms with Crippen LogP contribution in [-0.4, -0.2) is 34.4 Å². The number of amides is 1. The van der Waals surface area contributed by atoms with Crippen LogP contribution in [0.4, 0.5) is 5.69 Å². The first kappa shape index (κ1) is 16.2. The van der Waals surface area contributed by atoms with Crippen LogP contribution < -0.4 is 4.90 Å². The maximum absolute atomic E-state index is 12.6. The predicted octanol–water partition coefficient (Wildman–Crippen LogP) is 2.61. The Morgan fingerprint density at radius 1 is 1.29 bits per heavy atom. The number of nitriles is 1. The van der Waals surface area contributed by atoms with Gasteiger partial charge in [-0.1, -0.05) is 35.3 Å². The second-order valence-electron chi connectivity index (χ2n) is 5.00. The number of fused-ring (bicyclic) bond motifs is 1. The van der Waals surface area contributed by atoms with Crippen LogP contribution >= 0.6 is 23.2 Å². The van der Waals surface area contributed by atoms with E-state index in [1.54, 1.807) is 30.3 Å². The summed E-state index contributed by atoms with van der Waals surface area (Å²) in [5.41, 5.74) is 1.15. The second-order valence-corrected chi connectivity index (χ2v) is 5.80. The number of benzene rings is 1. The Labute approximate surface area is 147 Å². The second kappa shape index (κ2) is 6.48. The summed E-state index contributed by atoms with van der Waals surface area (Å²) >= 11 is 12.2. The van der Waals surface area contributed by atoms with Crippen LogP contribution in [0.15, 0.2) is 36.4 Å². The zero-order valence-electron chi connectivity index (χ0n) is 12.2. The predicted molar refractivity (Wildman–Crippen MR) is 90.4 cm³/mol. The molecular weight excluding hydrogens is 351 g/mol. The first-order valence-electron chi connectivity index (χ1n) is 6.93. The maximum Gasteiger partial charge on any atom is 0.294 e. The Balaban J connectivity index is 2.32. The summed E-state index contributed by atoms with van der Waals surface area (Å²) < 4.78 is 0.531. The van der Waals surface area contributed by atoms with Crippen molar-refractivity contribution in [1.29, 1.82) is 5.26 Å². The Bertz CT molecular complexity index is 905. The highest BCUT2D eigenvalue weighted by Crippen LogP contribution is 2.29. The van der Waals surface area contributed by atoms with Gasteiger partial charge in [-0.2, -0.15) is 10.0 Å². The minimum atomic E-state index is -0.501. The molecule has 1 aromatic heterocycles. The minimum Gasteiger partial charge on any atom is -0.623 e. The fourth-order valence-corrected chi connectivity index (χ4v) is 2.89. The van der Waals surface area contributed by atoms with Crippen molar-refractivity contribution in [3.05, 3.63) is 63.0 Å². The van der Waals surface area contributed by atoms with E-state index < -0.39 is 12.5 Å². The number of rotatable bonds is 2. The molecule has 1 aliphatic heterocycles. The van der Waals surface area contributed by atoms with Gasteiger partial charge in [-0.3, -0.25) is 9.69 Å². The van der Waals surface area contributed by atoms with Crippen molar-refractivity contribution in [1.82, 2.24) is 4.98 Å². The smallest absolute Gasteiger partial charge is 0.294 e. The summed E-state index contributed by atoms with van der Waals surface area (Å²) in [4.78, 5) is 17.8. The van der Waals surface area contributed by atoms with E-state index in [4.69, 9.17) is 28.5 Å². The van der Waals surface area contributed by atoms with Crippen LogP contribution in [0.25, 0.3) is 0 Å². The fraction of sp³-hybridized carbons (Fsp3) is 0.125. The van der Waals surface area contributed by atoms with Gasteiger partial charge < -0.3 is 5.21 Å². The maximum atomic E-state index is 12.6. The summed E-state index contributed by atoms with van der Waals surface area (Å²) in [6, 6.07) is 11.8. The standard InChI is InChI=1S/C16H10Cl2N4O2/c17-11-4-2-1-3-10(11)16-15-12(5-6-13(18)20-15)21(8-7-19)14(23)9-22(16)24/h1-6H,8-9H2. The summed E-state index contributed by atoms with van der Waals surface area (Å²) in [6.07, 6.45) is 0. The van der Waals surface area contributed by atoms with E-state index in [9.17, 15) is 10.0 Å². The van der Waals surface area contributed by atoms with Crippen molar-refractivity contribution < 1.29 is 9.53 Å². The topological polar surface area (TPSA) is 83.1 Å². The Morgan fingerprint density at radius 2 is 2.04 bits per heavy atom. The molecule has 0 saturated carbocycles. The van der Waals surface area contributed by atoms with Crippen LogP contribution in [0.1, 0.15) is 11.3 Å². The van der Waals surface area contributed by atoms with Crippen LogP contribution in [0.2, 0.25) is 10.2 Å². The van der Waals surface area contributed by atoms with Gasteiger partial charge in [0.25, 0.3) is 5.91 Å². The molecular formula is C16H10Cl2N4O2. The molecule has 2 heterocycles. The van der Waals surface area contributed by atoms with Crippen molar-refractivity contribution >= 4 is 40.5 Å². The first-order valence-corrected chi connectivity index (χ1v) is 7.69. The van der Waals surface area contributed by atoms with Gasteiger partial charge in [0.05, 0.1) is 22.3 Å². The quantitative estimate of drug-likeness (QED) is 0.356. The zero-order chi connectivity index (χ0) is 17.3. The van der Waals surface area contributed by atoms with E-state index >= 15 is 0 Å². The molecule has 0 atom stereocenters. The van der Waals surface area contributed by atoms with Gasteiger partial charge >= 0.3 is 0 Å². The van der Waals surface area contributed by atoms with Crippen LogP contribution in [0, 0.1) is 16.5 Å². The van der Waals surface area contributed by atoms with Crippen molar-refractivity contribution in [2.45, 2.75) is 0 Å². The highest BCUT2D eigenvalue weighted by atomic mass is 35.5. The van der Waals surface area contributed by atoms with E-state index in [1.807, 2.05) is 6.07 Å². The molecule has 120 valence electrons. The Kier molecular flexibility index (Phi) is 4.38. The average molecular weight is 361 g/mol. The van der Waals surface area contributed by atoms with Gasteiger partial charge in [-0.05, 0) is 24.3 Å². The third kappa shape index (κ3) is 2.80. The number of hydroxylamine groups is 1. The monoisotopic (exact) mass is 360 g/mol. The average Bonchev–Trinajstić information content (AvgIpc) is 2.64. The highest BCUT2D eigenvalue weighted by molar-refractivity contribution is 6.35. The van der Waals surface area contributed by atoms with Gasteiger partial charge in [-0.25, -0.2) is 4.98 Å². The molecule has 0 aliphatic carbocycles. The summed E-state index contributed by atoms with van der Waals surface area (Å²) in [5.74, 6) is -0.501. The van der Waals surface area contributed by atoms with Gasteiger partial charge in [0.15, 0.2) is 5.69 Å². The van der Waals surface area contributed by atoms with E-state index in [0.717, 1.165) is 0 Å². The molecule has 0 radical (unpaired) electrons. The molecule has 1 aromatic carbocycles. The summed E-state index contributed by atoms with van der Waals surface area (Å²) in [5, 5.41) is 22.1. The Hall–Kier alpha value is -2.62. The number of nitrogens with zero attached hydrogens (tertiary/aromatic N) is 4. The van der Waals surface area contributed by atoms with E-state index in [0.29, 0.717) is 21.0 Å². The number of halogens is 2. The van der Waals surface area contributed by atoms with Crippen LogP contribution in [0.3, 0.4) is 0 Å². The van der Waals surface area contributed by atoms with Gasteiger partial charge in [0, 0.05) is 0 Å². The lowest BCUT2D eigenvalue weighted by molar-refractivity contribution is -0.443. The molecule has 6 nitrogen and oxygen atoms in total. The lowest BCUT2D eigenvalue weighted by atomic mass is 10.0. The highest BCUT2D eigenvalue weighted by Gasteiger charge is 2.33. The molecule has 0 bridgehead atoms. The fourth-order valence-electron chi connectivity index (χ4n) is 2.52. The van der Waals surface area contributed by atoms with E-state index in [1.165, 1.54) is 11.0 Å². The molecule has 24 heavy (non-hydrogen) atoms. The third-order valence-electron chi connectivity index (χ3n) is 3.54. The van der Waals surface area contributed by atoms with E-state index in [-0.39, 0.29) is 23.1 Å². The van der Waals surface area contributed by atoms with Crippen LogP contribution in [0.5, 0.6) is 0 Å². The van der Waals surface area contributed by atoms with Gasteiger partial charge in [-0.15, -0.1) is 0 Å². The Morgan fingerprint density at radius 3 is 2.75 bits per heavy atom. The number of carbonyl (C=O) groups is 1. The normalized spacial score (nSPS) is 14.2. The molecule has 0 N–H and O–H groups in total. The molecule has 1 amide bonds. The number of pyridine rings is 1. The number of aromatic nitrogens is 1. The number of hydrogen-bond acceptors (Lipinski definition) is 4. The lowest BCUT2D eigenvalue weighted by Crippen LogP contribution is -2.35. The number of carbonyl (C=O) groups excluding carboxylic acids is 1. The van der Waals surface area contributed by atoms with Gasteiger partial charge in [0.1, 0.15) is 11.7 Å². The number of hydrogen-bond donors (Lipinski definition) is 0. The summed E-state index contributed by atoms with van der Waals surface area (Å²) in [6.45, 7) is -0.644. The van der Waals surface area contributed by atoms with Crippen molar-refractivity contribution in [3.8, 4) is 6.07 Å². The lowest BCUT2D eigenvalue weighted by Gasteiger charge is -2.17. The van der Waals surface area contributed by atoms with Crippen molar-refractivity contribution in [2.24, 2.45) is 0 Å². The molecule has 0 spiro atoms. The van der Waals surface area contributed by atoms with Crippen molar-refractivity contribution in [2.75, 3.05) is 18.0 Å². The SMILES string of the molecule is N#CCN1C(=O)C[N+]([O-])=C(c2ccccc2Cl)c2nc(Cl)ccc21. The first-order chi connectivity index (χ1) is 11.5. The molecule has 1 aliphatic rings. The van der Waals surface area contributed by atoms with Gasteiger partial charge in [0.2, 0.25) is 12.3 Å². The largest absolute Gasteiger partial charge is 0.623 e.